The summed E-state index contributed by atoms with van der Waals surface area (Å²) in [5, 5.41) is 0. The van der Waals surface area contributed by atoms with Crippen LogP contribution in [0.25, 0.3) is 0 Å². The van der Waals surface area contributed by atoms with E-state index in [1.165, 1.54) is 0 Å². The first-order valence-corrected chi connectivity index (χ1v) is 5.52. The molecule has 0 radical (unpaired) electrons. The number of ether oxygens (including phenoxy) is 2. The predicted molar refractivity (Wildman–Crippen MR) is 60.7 cm³/mol. The molecule has 1 unspecified atom stereocenters. The van der Waals surface area contributed by atoms with Crippen LogP contribution in [0.15, 0.2) is 12.7 Å². The Morgan fingerprint density at radius 1 is 1.19 bits per heavy atom. The van der Waals surface area contributed by atoms with E-state index in [1.807, 2.05) is 6.92 Å². The molecule has 1 atom stereocenters. The molecular weight excluding hydrogens is 208 g/mol. The van der Waals surface area contributed by atoms with Crippen LogP contribution in [0.2, 0.25) is 0 Å². The molecule has 0 saturated heterocycles. The second-order valence-corrected chi connectivity index (χ2v) is 3.51. The first-order chi connectivity index (χ1) is 7.56. The average molecular weight is 228 g/mol. The Kier molecular flexibility index (Phi) is 7.25. The van der Waals surface area contributed by atoms with E-state index >= 15 is 0 Å². The van der Waals surface area contributed by atoms with Crippen molar-refractivity contribution in [3.05, 3.63) is 12.7 Å². The van der Waals surface area contributed by atoms with Crippen molar-refractivity contribution in [3.8, 4) is 0 Å². The number of allylic oxidation sites excluding steroid dienone is 1. The first kappa shape index (κ1) is 14.7. The van der Waals surface area contributed by atoms with Crippen LogP contribution in [0.1, 0.15) is 27.2 Å². The molecule has 0 aromatic heterocycles. The summed E-state index contributed by atoms with van der Waals surface area (Å²) < 4.78 is 9.69. The van der Waals surface area contributed by atoms with Gasteiger partial charge >= 0.3 is 11.9 Å². The van der Waals surface area contributed by atoms with E-state index in [0.717, 1.165) is 0 Å². The summed E-state index contributed by atoms with van der Waals surface area (Å²) >= 11 is 0. The number of hydrogen-bond acceptors (Lipinski definition) is 4. The average Bonchev–Trinajstić information content (AvgIpc) is 2.25. The standard InChI is InChI=1S/C12H20O4/c1-5-9(4)8-10(11(13)15-6-2)12(14)16-7-3/h5,9-10H,1,6-8H2,2-4H3. The second-order valence-electron chi connectivity index (χ2n) is 3.51. The van der Waals surface area contributed by atoms with Crippen LogP contribution in [0.3, 0.4) is 0 Å². The van der Waals surface area contributed by atoms with Gasteiger partial charge in [-0.2, -0.15) is 0 Å². The third-order valence-electron chi connectivity index (χ3n) is 2.15. The fourth-order valence-electron chi connectivity index (χ4n) is 1.24. The van der Waals surface area contributed by atoms with Crippen LogP contribution in [0.4, 0.5) is 0 Å². The van der Waals surface area contributed by atoms with Crippen LogP contribution in [-0.2, 0) is 19.1 Å². The van der Waals surface area contributed by atoms with Crippen molar-refractivity contribution >= 4 is 11.9 Å². The minimum Gasteiger partial charge on any atom is -0.465 e. The van der Waals surface area contributed by atoms with E-state index in [2.05, 4.69) is 6.58 Å². The van der Waals surface area contributed by atoms with Gasteiger partial charge in [0.05, 0.1) is 13.2 Å². The van der Waals surface area contributed by atoms with Crippen molar-refractivity contribution in [1.29, 1.82) is 0 Å². The molecule has 16 heavy (non-hydrogen) atoms. The Balaban J connectivity index is 4.54. The molecule has 0 aromatic rings. The zero-order valence-corrected chi connectivity index (χ0v) is 10.2. The molecule has 0 bridgehead atoms. The fraction of sp³-hybridized carbons (Fsp3) is 0.667. The number of hydrogen-bond donors (Lipinski definition) is 0. The van der Waals surface area contributed by atoms with Gasteiger partial charge in [-0.3, -0.25) is 9.59 Å². The number of rotatable bonds is 7. The minimum absolute atomic E-state index is 0.0683. The van der Waals surface area contributed by atoms with Crippen molar-refractivity contribution in [2.24, 2.45) is 11.8 Å². The topological polar surface area (TPSA) is 52.6 Å². The summed E-state index contributed by atoms with van der Waals surface area (Å²) in [4.78, 5) is 23.1. The van der Waals surface area contributed by atoms with E-state index < -0.39 is 17.9 Å². The number of carbonyl (C=O) groups is 2. The van der Waals surface area contributed by atoms with E-state index in [9.17, 15) is 9.59 Å². The van der Waals surface area contributed by atoms with Gasteiger partial charge in [-0.25, -0.2) is 0 Å². The first-order valence-electron chi connectivity index (χ1n) is 5.52. The van der Waals surface area contributed by atoms with Gasteiger partial charge in [0.15, 0.2) is 5.92 Å². The van der Waals surface area contributed by atoms with Crippen LogP contribution in [-0.4, -0.2) is 25.2 Å². The molecule has 4 heteroatoms. The normalized spacial score (nSPS) is 12.0. The van der Waals surface area contributed by atoms with Gasteiger partial charge in [-0.05, 0) is 26.2 Å². The summed E-state index contributed by atoms with van der Waals surface area (Å²) in [6.45, 7) is 9.44. The highest BCUT2D eigenvalue weighted by Crippen LogP contribution is 2.16. The smallest absolute Gasteiger partial charge is 0.320 e. The summed E-state index contributed by atoms with van der Waals surface area (Å²) in [7, 11) is 0. The third-order valence-corrected chi connectivity index (χ3v) is 2.15. The maximum Gasteiger partial charge on any atom is 0.320 e. The predicted octanol–water partition coefficient (Wildman–Crippen LogP) is 1.94. The zero-order chi connectivity index (χ0) is 12.6. The second kappa shape index (κ2) is 7.91. The van der Waals surface area contributed by atoms with Crippen LogP contribution in [0.5, 0.6) is 0 Å². The maximum absolute atomic E-state index is 11.6. The summed E-state index contributed by atoms with van der Waals surface area (Å²) in [5.41, 5.74) is 0. The fourth-order valence-corrected chi connectivity index (χ4v) is 1.24. The van der Waals surface area contributed by atoms with E-state index in [4.69, 9.17) is 9.47 Å². The molecular formula is C12H20O4. The monoisotopic (exact) mass is 228 g/mol. The molecule has 0 aliphatic rings. The van der Waals surface area contributed by atoms with Crippen LogP contribution in [0, 0.1) is 11.8 Å². The Labute approximate surface area is 96.6 Å². The molecule has 92 valence electrons. The highest BCUT2D eigenvalue weighted by atomic mass is 16.6. The molecule has 0 aromatic carbocycles. The van der Waals surface area contributed by atoms with Crippen molar-refractivity contribution in [2.75, 3.05) is 13.2 Å². The lowest BCUT2D eigenvalue weighted by molar-refractivity contribution is -0.162. The Morgan fingerprint density at radius 2 is 1.62 bits per heavy atom. The minimum atomic E-state index is -0.840. The molecule has 0 heterocycles. The molecule has 0 aliphatic carbocycles. The van der Waals surface area contributed by atoms with Crippen LogP contribution >= 0.6 is 0 Å². The van der Waals surface area contributed by atoms with Crippen molar-refractivity contribution < 1.29 is 19.1 Å². The quantitative estimate of drug-likeness (QED) is 0.379. The Hall–Kier alpha value is -1.32. The molecule has 4 nitrogen and oxygen atoms in total. The summed E-state index contributed by atoms with van der Waals surface area (Å²) in [6, 6.07) is 0. The largest absolute Gasteiger partial charge is 0.465 e. The van der Waals surface area contributed by atoms with Gasteiger partial charge < -0.3 is 9.47 Å². The van der Waals surface area contributed by atoms with E-state index in [1.54, 1.807) is 19.9 Å². The van der Waals surface area contributed by atoms with Crippen molar-refractivity contribution in [3.63, 3.8) is 0 Å². The summed E-state index contributed by atoms with van der Waals surface area (Å²) in [5.74, 6) is -1.81. The molecule has 0 amide bonds. The highest BCUT2D eigenvalue weighted by molar-refractivity contribution is 5.94. The van der Waals surface area contributed by atoms with Crippen molar-refractivity contribution in [2.45, 2.75) is 27.2 Å². The molecule has 0 aliphatic heterocycles. The Morgan fingerprint density at radius 3 is 1.94 bits per heavy atom. The van der Waals surface area contributed by atoms with E-state index in [-0.39, 0.29) is 19.1 Å². The zero-order valence-electron chi connectivity index (χ0n) is 10.2. The lowest BCUT2D eigenvalue weighted by Crippen LogP contribution is -2.29. The van der Waals surface area contributed by atoms with Gasteiger partial charge in [0.25, 0.3) is 0 Å². The molecule has 0 spiro atoms. The van der Waals surface area contributed by atoms with E-state index in [0.29, 0.717) is 6.42 Å². The lowest BCUT2D eigenvalue weighted by atomic mass is 9.96. The van der Waals surface area contributed by atoms with Gasteiger partial charge in [0.2, 0.25) is 0 Å². The van der Waals surface area contributed by atoms with Gasteiger partial charge in [0.1, 0.15) is 0 Å². The SMILES string of the molecule is C=CC(C)CC(C(=O)OCC)C(=O)OCC. The molecule has 0 N–H and O–H groups in total. The summed E-state index contributed by atoms with van der Waals surface area (Å²) in [6.07, 6.45) is 2.08. The van der Waals surface area contributed by atoms with Gasteiger partial charge in [-0.1, -0.05) is 13.0 Å². The van der Waals surface area contributed by atoms with Crippen molar-refractivity contribution in [1.82, 2.24) is 0 Å². The maximum atomic E-state index is 11.6. The number of carbonyl (C=O) groups excluding carboxylic acids is 2. The Bertz CT molecular complexity index is 229. The van der Waals surface area contributed by atoms with Crippen LogP contribution < -0.4 is 0 Å². The lowest BCUT2D eigenvalue weighted by Gasteiger charge is -2.16. The third kappa shape index (κ3) is 4.96. The van der Waals surface area contributed by atoms with Gasteiger partial charge in [-0.15, -0.1) is 6.58 Å². The molecule has 0 fully saturated rings. The highest BCUT2D eigenvalue weighted by Gasteiger charge is 2.30. The van der Waals surface area contributed by atoms with Gasteiger partial charge in [0, 0.05) is 0 Å². The number of esters is 2. The molecule has 0 rings (SSSR count). The molecule has 0 saturated carbocycles.